The van der Waals surface area contributed by atoms with E-state index in [-0.39, 0.29) is 35.5 Å². The van der Waals surface area contributed by atoms with Gasteiger partial charge in [0, 0.05) is 36.8 Å². The summed E-state index contributed by atoms with van der Waals surface area (Å²) < 4.78 is 0. The highest BCUT2D eigenvalue weighted by Crippen LogP contribution is 2.29. The first-order chi connectivity index (χ1) is 9.72. The maximum absolute atomic E-state index is 12.6. The van der Waals surface area contributed by atoms with E-state index in [4.69, 9.17) is 5.73 Å². The zero-order valence-electron chi connectivity index (χ0n) is 13.0. The molecule has 1 aliphatic heterocycles. The van der Waals surface area contributed by atoms with E-state index in [1.807, 2.05) is 0 Å². The minimum atomic E-state index is -0.454. The number of hydrogen-bond acceptors (Lipinski definition) is 4. The Balaban J connectivity index is 0.00000242. The van der Waals surface area contributed by atoms with Crippen molar-refractivity contribution in [3.8, 4) is 0 Å². The number of likely N-dealkylation sites (tertiary alicyclic amines) is 1. The Kier molecular flexibility index (Phi) is 5.54. The molecule has 2 rings (SSSR count). The van der Waals surface area contributed by atoms with Crippen LogP contribution in [-0.2, 0) is 0 Å². The average Bonchev–Trinajstić information content (AvgIpc) is 2.40. The summed E-state index contributed by atoms with van der Waals surface area (Å²) in [5.74, 6) is -0.0811. The number of rotatable bonds is 2. The summed E-state index contributed by atoms with van der Waals surface area (Å²) >= 11 is 0. The number of carbonyl (C=O) groups is 1. The van der Waals surface area contributed by atoms with Crippen molar-refractivity contribution in [1.29, 1.82) is 0 Å². The minimum absolute atomic E-state index is 0. The van der Waals surface area contributed by atoms with Gasteiger partial charge in [0.1, 0.15) is 0 Å². The number of halogens is 1. The van der Waals surface area contributed by atoms with Crippen LogP contribution in [0.3, 0.4) is 0 Å². The molecule has 1 unspecified atom stereocenters. The molecule has 0 saturated carbocycles. The maximum atomic E-state index is 12.6. The number of nitrogens with zero attached hydrogens (tertiary/aromatic N) is 2. The van der Waals surface area contributed by atoms with Crippen LogP contribution in [0.5, 0.6) is 0 Å². The number of piperidine rings is 1. The molecular formula is C15H22ClN3O3. The normalized spacial score (nSPS) is 20.2. The molecule has 122 valence electrons. The second kappa shape index (κ2) is 6.62. The highest BCUT2D eigenvalue weighted by molar-refractivity contribution is 5.96. The number of nitro groups is 1. The second-order valence-corrected chi connectivity index (χ2v) is 6.37. The predicted molar refractivity (Wildman–Crippen MR) is 87.4 cm³/mol. The molecule has 7 heteroatoms. The molecule has 0 radical (unpaired) electrons. The van der Waals surface area contributed by atoms with Gasteiger partial charge in [0.05, 0.1) is 4.92 Å². The van der Waals surface area contributed by atoms with Crippen LogP contribution in [0.25, 0.3) is 0 Å². The van der Waals surface area contributed by atoms with Crippen LogP contribution in [0.2, 0.25) is 0 Å². The van der Waals surface area contributed by atoms with Crippen molar-refractivity contribution < 1.29 is 9.72 Å². The number of nitro benzene ring substituents is 1. The Bertz CT molecular complexity index is 589. The maximum Gasteiger partial charge on any atom is 0.269 e. The van der Waals surface area contributed by atoms with Crippen LogP contribution in [0, 0.1) is 22.5 Å². The number of carbonyl (C=O) groups excluding carboxylic acids is 1. The van der Waals surface area contributed by atoms with Crippen LogP contribution in [-0.4, -0.2) is 34.9 Å². The van der Waals surface area contributed by atoms with Gasteiger partial charge in [0.15, 0.2) is 0 Å². The Labute approximate surface area is 136 Å². The van der Waals surface area contributed by atoms with Gasteiger partial charge in [-0.15, -0.1) is 12.4 Å². The summed E-state index contributed by atoms with van der Waals surface area (Å²) in [5.41, 5.74) is 7.11. The third-order valence-corrected chi connectivity index (χ3v) is 4.25. The summed E-state index contributed by atoms with van der Waals surface area (Å²) in [5, 5.41) is 10.8. The van der Waals surface area contributed by atoms with E-state index in [0.717, 1.165) is 6.42 Å². The van der Waals surface area contributed by atoms with Crippen molar-refractivity contribution >= 4 is 24.0 Å². The number of benzene rings is 1. The van der Waals surface area contributed by atoms with Crippen LogP contribution in [0.15, 0.2) is 18.2 Å². The lowest BCUT2D eigenvalue weighted by Gasteiger charge is -2.42. The zero-order chi connectivity index (χ0) is 15.8. The van der Waals surface area contributed by atoms with Crippen molar-refractivity contribution in [2.24, 2.45) is 11.1 Å². The molecule has 6 nitrogen and oxygen atoms in total. The third-order valence-electron chi connectivity index (χ3n) is 4.25. The van der Waals surface area contributed by atoms with Gasteiger partial charge < -0.3 is 10.6 Å². The van der Waals surface area contributed by atoms with Gasteiger partial charge >= 0.3 is 0 Å². The van der Waals surface area contributed by atoms with Gasteiger partial charge in [-0.05, 0) is 30.4 Å². The van der Waals surface area contributed by atoms with Crippen molar-refractivity contribution in [3.05, 3.63) is 39.4 Å². The van der Waals surface area contributed by atoms with E-state index in [2.05, 4.69) is 13.8 Å². The minimum Gasteiger partial charge on any atom is -0.338 e. The Morgan fingerprint density at radius 3 is 2.59 bits per heavy atom. The van der Waals surface area contributed by atoms with E-state index in [1.165, 1.54) is 18.2 Å². The molecule has 1 aliphatic rings. The summed E-state index contributed by atoms with van der Waals surface area (Å²) in [7, 11) is 0. The third kappa shape index (κ3) is 3.56. The molecular weight excluding hydrogens is 306 g/mol. The number of nitrogens with two attached hydrogens (primary N) is 1. The lowest BCUT2D eigenvalue weighted by molar-refractivity contribution is -0.384. The monoisotopic (exact) mass is 327 g/mol. The summed E-state index contributed by atoms with van der Waals surface area (Å²) in [6, 6.07) is 4.44. The van der Waals surface area contributed by atoms with Gasteiger partial charge in [-0.1, -0.05) is 13.8 Å². The van der Waals surface area contributed by atoms with Crippen molar-refractivity contribution in [2.75, 3.05) is 13.1 Å². The molecule has 2 N–H and O–H groups in total. The van der Waals surface area contributed by atoms with Gasteiger partial charge in [0.2, 0.25) is 0 Å². The molecule has 0 bridgehead atoms. The predicted octanol–water partition coefficient (Wildman–Crippen LogP) is 2.52. The number of hydrogen-bond donors (Lipinski definition) is 1. The van der Waals surface area contributed by atoms with E-state index < -0.39 is 4.92 Å². The van der Waals surface area contributed by atoms with Crippen molar-refractivity contribution in [1.82, 2.24) is 4.90 Å². The smallest absolute Gasteiger partial charge is 0.269 e. The Hall–Kier alpha value is -1.66. The second-order valence-electron chi connectivity index (χ2n) is 6.37. The average molecular weight is 328 g/mol. The van der Waals surface area contributed by atoms with Crippen LogP contribution < -0.4 is 5.73 Å². The standard InChI is InChI=1S/C15H21N3O3.ClH/c1-10-8-11(18(20)21)4-5-12(10)14(19)17-7-6-13(16)15(2,3)9-17;/h4-5,8,13H,6-7,9,16H2,1-3H3;1H. The van der Waals surface area contributed by atoms with Crippen LogP contribution >= 0.6 is 12.4 Å². The summed E-state index contributed by atoms with van der Waals surface area (Å²) in [4.78, 5) is 24.7. The van der Waals surface area contributed by atoms with E-state index in [1.54, 1.807) is 11.8 Å². The molecule has 1 amide bonds. The first-order valence-electron chi connectivity index (χ1n) is 7.02. The number of aryl methyl sites for hydroxylation is 1. The first-order valence-corrected chi connectivity index (χ1v) is 7.02. The van der Waals surface area contributed by atoms with Crippen LogP contribution in [0.1, 0.15) is 36.2 Å². The molecule has 1 aromatic rings. The van der Waals surface area contributed by atoms with E-state index in [9.17, 15) is 14.9 Å². The summed E-state index contributed by atoms with van der Waals surface area (Å²) in [6.45, 7) is 7.06. The van der Waals surface area contributed by atoms with Gasteiger partial charge in [-0.3, -0.25) is 14.9 Å². The SMILES string of the molecule is Cc1cc([N+](=O)[O-])ccc1C(=O)N1CCC(N)C(C)(C)C1.Cl. The topological polar surface area (TPSA) is 89.5 Å². The molecule has 22 heavy (non-hydrogen) atoms. The fourth-order valence-electron chi connectivity index (χ4n) is 2.72. The first kappa shape index (κ1) is 18.4. The molecule has 1 heterocycles. The van der Waals surface area contributed by atoms with Crippen LogP contribution in [0.4, 0.5) is 5.69 Å². The lowest BCUT2D eigenvalue weighted by Crippen LogP contribution is -2.54. The van der Waals surface area contributed by atoms with Crippen molar-refractivity contribution in [3.63, 3.8) is 0 Å². The van der Waals surface area contributed by atoms with E-state index >= 15 is 0 Å². The van der Waals surface area contributed by atoms with Gasteiger partial charge in [-0.25, -0.2) is 0 Å². The number of non-ortho nitro benzene ring substituents is 1. The highest BCUT2D eigenvalue weighted by Gasteiger charge is 2.35. The fraction of sp³-hybridized carbons (Fsp3) is 0.533. The molecule has 0 aliphatic carbocycles. The highest BCUT2D eigenvalue weighted by atomic mass is 35.5. The lowest BCUT2D eigenvalue weighted by atomic mass is 9.79. The van der Waals surface area contributed by atoms with Crippen molar-refractivity contribution in [2.45, 2.75) is 33.2 Å². The molecule has 1 aromatic carbocycles. The zero-order valence-corrected chi connectivity index (χ0v) is 13.9. The molecule has 1 fully saturated rings. The summed E-state index contributed by atoms with van der Waals surface area (Å²) in [6.07, 6.45) is 0.769. The molecule has 1 saturated heterocycles. The largest absolute Gasteiger partial charge is 0.338 e. The Morgan fingerprint density at radius 2 is 2.09 bits per heavy atom. The van der Waals surface area contributed by atoms with E-state index in [0.29, 0.717) is 24.2 Å². The molecule has 1 atom stereocenters. The van der Waals surface area contributed by atoms with Gasteiger partial charge in [-0.2, -0.15) is 0 Å². The Morgan fingerprint density at radius 1 is 1.45 bits per heavy atom. The molecule has 0 aromatic heterocycles. The van der Waals surface area contributed by atoms with Gasteiger partial charge in [0.25, 0.3) is 11.6 Å². The quantitative estimate of drug-likeness (QED) is 0.667. The molecule has 0 spiro atoms. The number of amides is 1. The fourth-order valence-corrected chi connectivity index (χ4v) is 2.72.